The van der Waals surface area contributed by atoms with Crippen molar-refractivity contribution in [1.29, 1.82) is 10.5 Å². The highest BCUT2D eigenvalue weighted by molar-refractivity contribution is 7.99. The first-order valence-electron chi connectivity index (χ1n) is 11.3. The van der Waals surface area contributed by atoms with Gasteiger partial charge in [-0.1, -0.05) is 6.08 Å². The number of β-amino-alcohol motifs (C(OH)–C–C–N with tert-alkyl or cyclic N) is 1. The molecule has 0 bridgehead atoms. The SMILES string of the molecule is CNC(=O)c1cc(CSC2N=C(N3CC(O)C3)C(C#N)=C(C3=CC=C(OC)CC3)C2C#N)ccn1. The third kappa shape index (κ3) is 5.09. The van der Waals surface area contributed by atoms with Crippen LogP contribution in [0.15, 0.2) is 58.0 Å². The van der Waals surface area contributed by atoms with Crippen molar-refractivity contribution in [2.75, 3.05) is 27.2 Å². The van der Waals surface area contributed by atoms with Gasteiger partial charge in [0, 0.05) is 38.5 Å². The molecule has 1 fully saturated rings. The van der Waals surface area contributed by atoms with E-state index in [2.05, 4.69) is 22.4 Å². The van der Waals surface area contributed by atoms with E-state index in [0.717, 1.165) is 16.9 Å². The van der Waals surface area contributed by atoms with Gasteiger partial charge in [-0.15, -0.1) is 11.8 Å². The molecule has 1 aromatic rings. The van der Waals surface area contributed by atoms with Crippen LogP contribution >= 0.6 is 11.8 Å². The molecule has 4 rings (SSSR count). The van der Waals surface area contributed by atoms with E-state index in [-0.39, 0.29) is 5.91 Å². The number of nitriles is 2. The number of aliphatic hydroxyl groups is 1. The van der Waals surface area contributed by atoms with E-state index in [4.69, 9.17) is 9.73 Å². The predicted molar refractivity (Wildman–Crippen MR) is 132 cm³/mol. The van der Waals surface area contributed by atoms with Crippen LogP contribution in [0.5, 0.6) is 0 Å². The first-order chi connectivity index (χ1) is 17.0. The molecule has 0 spiro atoms. The second-order valence-electron chi connectivity index (χ2n) is 8.38. The molecule has 10 heteroatoms. The number of dihydropyridines is 1. The molecule has 3 heterocycles. The van der Waals surface area contributed by atoms with Gasteiger partial charge in [-0.3, -0.25) is 14.8 Å². The fourth-order valence-electron chi connectivity index (χ4n) is 4.29. The zero-order valence-corrected chi connectivity index (χ0v) is 20.4. The molecule has 2 unspecified atom stereocenters. The number of amides is 1. The number of aromatic nitrogens is 1. The van der Waals surface area contributed by atoms with Gasteiger partial charge < -0.3 is 20.1 Å². The summed E-state index contributed by atoms with van der Waals surface area (Å²) in [6.07, 6.45) is 6.29. The third-order valence-corrected chi connectivity index (χ3v) is 7.39. The summed E-state index contributed by atoms with van der Waals surface area (Å²) < 4.78 is 5.35. The highest BCUT2D eigenvalue weighted by Crippen LogP contribution is 2.41. The monoisotopic (exact) mass is 490 g/mol. The van der Waals surface area contributed by atoms with Crippen LogP contribution in [0.1, 0.15) is 28.9 Å². The van der Waals surface area contributed by atoms with Crippen molar-refractivity contribution in [3.05, 3.63) is 64.2 Å². The number of methoxy groups -OCH3 is 1. The maximum absolute atomic E-state index is 12.0. The first kappa shape index (κ1) is 24.5. The second-order valence-corrected chi connectivity index (χ2v) is 9.48. The normalized spacial score (nSPS) is 22.2. The maximum atomic E-state index is 12.0. The number of hydrogen-bond acceptors (Lipinski definition) is 9. The summed E-state index contributed by atoms with van der Waals surface area (Å²) in [5.41, 5.74) is 3.24. The van der Waals surface area contributed by atoms with Gasteiger partial charge in [0.25, 0.3) is 5.91 Å². The summed E-state index contributed by atoms with van der Waals surface area (Å²) in [6, 6.07) is 8.25. The Morgan fingerprint density at radius 2 is 2.14 bits per heavy atom. The van der Waals surface area contributed by atoms with Crippen molar-refractivity contribution in [2.45, 2.75) is 30.1 Å². The lowest BCUT2D eigenvalue weighted by Crippen LogP contribution is -2.55. The third-order valence-electron chi connectivity index (χ3n) is 6.18. The van der Waals surface area contributed by atoms with E-state index < -0.39 is 17.4 Å². The zero-order valence-electron chi connectivity index (χ0n) is 19.6. The molecule has 0 saturated carbocycles. The number of thioether (sulfide) groups is 1. The van der Waals surface area contributed by atoms with Gasteiger partial charge in [0.1, 0.15) is 28.9 Å². The number of likely N-dealkylation sites (tertiary alicyclic amines) is 1. The maximum Gasteiger partial charge on any atom is 0.269 e. The molecule has 35 heavy (non-hydrogen) atoms. The van der Waals surface area contributed by atoms with Gasteiger partial charge in [0.05, 0.1) is 30.6 Å². The van der Waals surface area contributed by atoms with Crippen molar-refractivity contribution in [1.82, 2.24) is 15.2 Å². The Morgan fingerprint density at radius 3 is 2.74 bits per heavy atom. The number of nitrogens with zero attached hydrogens (tertiary/aromatic N) is 5. The molecule has 1 amide bonds. The van der Waals surface area contributed by atoms with Crippen LogP contribution in [-0.4, -0.2) is 65.5 Å². The van der Waals surface area contributed by atoms with Crippen molar-refractivity contribution in [3.8, 4) is 12.1 Å². The summed E-state index contributed by atoms with van der Waals surface area (Å²) in [5.74, 6) is 1.01. The van der Waals surface area contributed by atoms with Gasteiger partial charge in [-0.25, -0.2) is 0 Å². The van der Waals surface area contributed by atoms with E-state index in [1.807, 2.05) is 23.1 Å². The van der Waals surface area contributed by atoms with Gasteiger partial charge in [-0.05, 0) is 41.3 Å². The second kappa shape index (κ2) is 10.8. The van der Waals surface area contributed by atoms with E-state index in [1.165, 1.54) is 11.8 Å². The average molecular weight is 491 g/mol. The Kier molecular flexibility index (Phi) is 7.54. The highest BCUT2D eigenvalue weighted by Gasteiger charge is 2.40. The largest absolute Gasteiger partial charge is 0.501 e. The van der Waals surface area contributed by atoms with Crippen LogP contribution in [0.4, 0.5) is 0 Å². The van der Waals surface area contributed by atoms with E-state index in [9.17, 15) is 20.4 Å². The van der Waals surface area contributed by atoms with Crippen LogP contribution in [0.25, 0.3) is 0 Å². The number of pyridine rings is 1. The van der Waals surface area contributed by atoms with Gasteiger partial charge >= 0.3 is 0 Å². The summed E-state index contributed by atoms with van der Waals surface area (Å²) in [7, 11) is 3.18. The number of ether oxygens (including phenoxy) is 1. The summed E-state index contributed by atoms with van der Waals surface area (Å²) in [5, 5.41) is 32.3. The minimum absolute atomic E-state index is 0.266. The molecule has 3 aliphatic rings. The van der Waals surface area contributed by atoms with Crippen LogP contribution in [0.2, 0.25) is 0 Å². The van der Waals surface area contributed by atoms with E-state index in [0.29, 0.717) is 54.4 Å². The molecule has 1 saturated heterocycles. The molecular weight excluding hydrogens is 464 g/mol. The number of aliphatic hydroxyl groups excluding tert-OH is 1. The van der Waals surface area contributed by atoms with Crippen molar-refractivity contribution in [3.63, 3.8) is 0 Å². The standard InChI is InChI=1S/C25H26N6O3S/c1-28-24(33)21-9-15(7-8-29-21)14-35-25-20(11-27)22(16-3-5-18(34-2)6-4-16)19(10-26)23(30-25)31-12-17(32)13-31/h3,5,7-9,17,20,25,32H,4,6,12-14H2,1-2H3,(H,28,33). The molecule has 0 radical (unpaired) electrons. The van der Waals surface area contributed by atoms with Crippen LogP contribution in [-0.2, 0) is 10.5 Å². The Labute approximate surface area is 208 Å². The number of nitrogens with one attached hydrogen (secondary N) is 1. The molecule has 2 atom stereocenters. The summed E-state index contributed by atoms with van der Waals surface area (Å²) in [4.78, 5) is 22.8. The quantitative estimate of drug-likeness (QED) is 0.620. The smallest absolute Gasteiger partial charge is 0.269 e. The lowest BCUT2D eigenvalue weighted by atomic mass is 9.82. The fraction of sp³-hybridized carbons (Fsp3) is 0.400. The number of amidine groups is 1. The van der Waals surface area contributed by atoms with Crippen LogP contribution < -0.4 is 5.32 Å². The number of aliphatic imine (C=N–C) groups is 1. The van der Waals surface area contributed by atoms with Gasteiger partial charge in [0.2, 0.25) is 0 Å². The van der Waals surface area contributed by atoms with Crippen molar-refractivity contribution in [2.24, 2.45) is 10.9 Å². The van der Waals surface area contributed by atoms with E-state index in [1.54, 1.807) is 26.4 Å². The average Bonchev–Trinajstić information content (AvgIpc) is 2.88. The van der Waals surface area contributed by atoms with Crippen molar-refractivity contribution >= 4 is 23.5 Å². The zero-order chi connectivity index (χ0) is 24.9. The van der Waals surface area contributed by atoms with Crippen LogP contribution in [0, 0.1) is 28.6 Å². The number of carbonyl (C=O) groups excluding carboxylic acids is 1. The van der Waals surface area contributed by atoms with E-state index >= 15 is 0 Å². The predicted octanol–water partition coefficient (Wildman–Crippen LogP) is 2.30. The topological polar surface area (TPSA) is 135 Å². The van der Waals surface area contributed by atoms with Gasteiger partial charge in [0.15, 0.2) is 0 Å². The highest BCUT2D eigenvalue weighted by atomic mass is 32.2. The number of allylic oxidation sites excluding steroid dienone is 4. The Morgan fingerprint density at radius 1 is 1.34 bits per heavy atom. The lowest BCUT2D eigenvalue weighted by Gasteiger charge is -2.41. The summed E-state index contributed by atoms with van der Waals surface area (Å²) >= 11 is 1.48. The minimum atomic E-state index is -0.617. The van der Waals surface area contributed by atoms with Crippen LogP contribution in [0.3, 0.4) is 0 Å². The van der Waals surface area contributed by atoms with Gasteiger partial charge in [-0.2, -0.15) is 10.5 Å². The minimum Gasteiger partial charge on any atom is -0.501 e. The molecule has 2 N–H and O–H groups in total. The Balaban J connectivity index is 1.67. The number of carbonyl (C=O) groups is 1. The molecule has 2 aliphatic heterocycles. The summed E-state index contributed by atoms with van der Waals surface area (Å²) in [6.45, 7) is 0.803. The Bertz CT molecular complexity index is 1220. The van der Waals surface area contributed by atoms with Crippen molar-refractivity contribution < 1.29 is 14.6 Å². The number of rotatable bonds is 6. The molecule has 0 aromatic carbocycles. The fourth-order valence-corrected chi connectivity index (χ4v) is 5.40. The Hall–Kier alpha value is -3.60. The molecule has 1 aliphatic carbocycles. The molecule has 180 valence electrons. The lowest BCUT2D eigenvalue weighted by molar-refractivity contribution is 0.0466. The molecular formula is C25H26N6O3S. The number of hydrogen-bond donors (Lipinski definition) is 2. The molecule has 9 nitrogen and oxygen atoms in total. The first-order valence-corrected chi connectivity index (χ1v) is 12.3. The molecule has 1 aromatic heterocycles.